The average Bonchev–Trinajstić information content (AvgIpc) is 2.48. The predicted octanol–water partition coefficient (Wildman–Crippen LogP) is 5.62. The Morgan fingerprint density at radius 3 is 2.62 bits per heavy atom. The lowest BCUT2D eigenvalue weighted by Crippen LogP contribution is -2.11. The molecule has 0 heterocycles. The van der Waals surface area contributed by atoms with Gasteiger partial charge in [0.15, 0.2) is 0 Å². The smallest absolute Gasteiger partial charge is 0.336 e. The van der Waals surface area contributed by atoms with Crippen LogP contribution in [-0.2, 0) is 6.54 Å². The number of benzene rings is 2. The second kappa shape index (κ2) is 8.03. The number of hydrogen-bond donors (Lipinski definition) is 2. The van der Waals surface area contributed by atoms with Gasteiger partial charge in [0.2, 0.25) is 0 Å². The van der Waals surface area contributed by atoms with Crippen molar-refractivity contribution >= 4 is 43.5 Å². The van der Waals surface area contributed by atoms with E-state index < -0.39 is 5.97 Å². The van der Waals surface area contributed by atoms with Gasteiger partial charge in [-0.3, -0.25) is 0 Å². The molecule has 2 N–H and O–H groups in total. The molecule has 0 aliphatic carbocycles. The highest BCUT2D eigenvalue weighted by atomic mass is 79.9. The van der Waals surface area contributed by atoms with Gasteiger partial charge in [0.25, 0.3) is 0 Å². The van der Waals surface area contributed by atoms with Gasteiger partial charge in [-0.1, -0.05) is 22.0 Å². The van der Waals surface area contributed by atoms with Gasteiger partial charge in [0, 0.05) is 22.3 Å². The van der Waals surface area contributed by atoms with Crippen molar-refractivity contribution in [2.75, 3.05) is 5.32 Å². The first kappa shape index (κ1) is 18.8. The number of hydrogen-bond acceptors (Lipinski definition) is 3. The van der Waals surface area contributed by atoms with Crippen LogP contribution >= 0.6 is 31.9 Å². The Morgan fingerprint density at radius 2 is 2.00 bits per heavy atom. The van der Waals surface area contributed by atoms with Crippen molar-refractivity contribution in [1.82, 2.24) is 0 Å². The summed E-state index contributed by atoms with van der Waals surface area (Å²) in [6, 6.07) is 9.15. The molecule has 0 bridgehead atoms. The molecular weight excluding hydrogens is 438 g/mol. The van der Waals surface area contributed by atoms with Crippen molar-refractivity contribution in [2.24, 2.45) is 0 Å². The summed E-state index contributed by atoms with van der Waals surface area (Å²) < 4.78 is 7.73. The van der Waals surface area contributed by atoms with Gasteiger partial charge < -0.3 is 15.2 Å². The standard InChI is InChI=1S/C18H19Br2NO3/c1-10(2)24-17-12(7-13(19)8-15(17)20)9-21-16-6-4-5-14(11(16)3)18(22)23/h4-8,10,21H,9H2,1-3H3,(H,22,23). The Hall–Kier alpha value is -1.53. The molecular formula is C18H19Br2NO3. The number of ether oxygens (including phenoxy) is 1. The number of carbonyl (C=O) groups is 1. The van der Waals surface area contributed by atoms with Crippen molar-refractivity contribution < 1.29 is 14.6 Å². The van der Waals surface area contributed by atoms with Crippen LogP contribution in [0.4, 0.5) is 5.69 Å². The molecule has 0 aliphatic heterocycles. The van der Waals surface area contributed by atoms with Crippen molar-refractivity contribution in [1.29, 1.82) is 0 Å². The normalized spacial score (nSPS) is 10.8. The lowest BCUT2D eigenvalue weighted by atomic mass is 10.1. The minimum absolute atomic E-state index is 0.0540. The van der Waals surface area contributed by atoms with Crippen molar-refractivity contribution in [3.8, 4) is 5.75 Å². The number of nitrogens with one attached hydrogen (secondary N) is 1. The molecule has 6 heteroatoms. The zero-order valence-corrected chi connectivity index (χ0v) is 16.9. The minimum atomic E-state index is -0.926. The van der Waals surface area contributed by atoms with Gasteiger partial charge in [-0.2, -0.15) is 0 Å². The van der Waals surface area contributed by atoms with Crippen molar-refractivity contribution in [3.63, 3.8) is 0 Å². The van der Waals surface area contributed by atoms with Crippen LogP contribution in [0.2, 0.25) is 0 Å². The minimum Gasteiger partial charge on any atom is -0.489 e. The Balaban J connectivity index is 2.29. The molecule has 0 saturated heterocycles. The maximum absolute atomic E-state index is 11.3. The van der Waals surface area contributed by atoms with E-state index in [2.05, 4.69) is 37.2 Å². The summed E-state index contributed by atoms with van der Waals surface area (Å²) in [4.78, 5) is 11.3. The predicted molar refractivity (Wildman–Crippen MR) is 103 cm³/mol. The molecule has 0 amide bonds. The molecule has 24 heavy (non-hydrogen) atoms. The van der Waals surface area contributed by atoms with Crippen LogP contribution in [0.3, 0.4) is 0 Å². The zero-order chi connectivity index (χ0) is 17.9. The van der Waals surface area contributed by atoms with Gasteiger partial charge >= 0.3 is 5.97 Å². The maximum Gasteiger partial charge on any atom is 0.336 e. The summed E-state index contributed by atoms with van der Waals surface area (Å²) in [5, 5.41) is 12.5. The summed E-state index contributed by atoms with van der Waals surface area (Å²) in [6.45, 7) is 6.27. The molecule has 0 aromatic heterocycles. The number of anilines is 1. The Kier molecular flexibility index (Phi) is 6.29. The van der Waals surface area contributed by atoms with E-state index in [1.54, 1.807) is 19.1 Å². The van der Waals surface area contributed by atoms with E-state index in [4.69, 9.17) is 4.74 Å². The molecule has 0 radical (unpaired) electrons. The quantitative estimate of drug-likeness (QED) is 0.592. The highest BCUT2D eigenvalue weighted by Crippen LogP contribution is 2.34. The van der Waals surface area contributed by atoms with Gasteiger partial charge in [0.1, 0.15) is 5.75 Å². The third-order valence-corrected chi connectivity index (χ3v) is 4.52. The maximum atomic E-state index is 11.3. The van der Waals surface area contributed by atoms with Crippen LogP contribution in [-0.4, -0.2) is 17.2 Å². The Morgan fingerprint density at radius 1 is 1.29 bits per heavy atom. The van der Waals surface area contributed by atoms with Gasteiger partial charge in [0.05, 0.1) is 16.1 Å². The number of carboxylic acids is 1. The van der Waals surface area contributed by atoms with Crippen LogP contribution in [0.1, 0.15) is 35.3 Å². The van der Waals surface area contributed by atoms with Crippen LogP contribution < -0.4 is 10.1 Å². The molecule has 0 spiro atoms. The summed E-state index contributed by atoms with van der Waals surface area (Å²) in [7, 11) is 0. The van der Waals surface area contributed by atoms with Gasteiger partial charge in [-0.25, -0.2) is 4.79 Å². The molecule has 0 saturated carbocycles. The number of halogens is 2. The Bertz CT molecular complexity index is 760. The molecule has 128 valence electrons. The second-order valence-electron chi connectivity index (χ2n) is 5.68. The molecule has 2 aromatic rings. The number of carboxylic acid groups (broad SMARTS) is 1. The number of aromatic carboxylic acids is 1. The van der Waals surface area contributed by atoms with E-state index in [0.717, 1.165) is 25.9 Å². The molecule has 0 fully saturated rings. The van der Waals surface area contributed by atoms with E-state index >= 15 is 0 Å². The van der Waals surface area contributed by atoms with Crippen LogP contribution in [0.25, 0.3) is 0 Å². The molecule has 0 aliphatic rings. The second-order valence-corrected chi connectivity index (χ2v) is 7.45. The lowest BCUT2D eigenvalue weighted by molar-refractivity contribution is 0.0696. The fourth-order valence-electron chi connectivity index (χ4n) is 2.36. The van der Waals surface area contributed by atoms with E-state index in [0.29, 0.717) is 17.7 Å². The van der Waals surface area contributed by atoms with E-state index in [1.165, 1.54) is 0 Å². The van der Waals surface area contributed by atoms with Crippen LogP contribution in [0, 0.1) is 6.92 Å². The zero-order valence-electron chi connectivity index (χ0n) is 13.7. The first-order valence-corrected chi connectivity index (χ1v) is 9.09. The van der Waals surface area contributed by atoms with Gasteiger partial charge in [-0.15, -0.1) is 0 Å². The SMILES string of the molecule is Cc1c(NCc2cc(Br)cc(Br)c2OC(C)C)cccc1C(=O)O. The molecule has 0 atom stereocenters. The van der Waals surface area contributed by atoms with Crippen LogP contribution in [0.5, 0.6) is 5.75 Å². The number of rotatable bonds is 6. The monoisotopic (exact) mass is 455 g/mol. The van der Waals surface area contributed by atoms with E-state index in [9.17, 15) is 9.90 Å². The van der Waals surface area contributed by atoms with Crippen molar-refractivity contribution in [3.05, 3.63) is 56.0 Å². The summed E-state index contributed by atoms with van der Waals surface area (Å²) in [5.41, 5.74) is 2.78. The summed E-state index contributed by atoms with van der Waals surface area (Å²) in [6.07, 6.45) is 0.0540. The lowest BCUT2D eigenvalue weighted by Gasteiger charge is -2.18. The molecule has 0 unspecified atom stereocenters. The van der Waals surface area contributed by atoms with E-state index in [-0.39, 0.29) is 6.10 Å². The van der Waals surface area contributed by atoms with Crippen LogP contribution in [0.15, 0.2) is 39.3 Å². The highest BCUT2D eigenvalue weighted by molar-refractivity contribution is 9.11. The van der Waals surface area contributed by atoms with Gasteiger partial charge in [-0.05, 0) is 66.5 Å². The third kappa shape index (κ3) is 4.51. The van der Waals surface area contributed by atoms with Crippen molar-refractivity contribution in [2.45, 2.75) is 33.4 Å². The Labute approximate surface area is 158 Å². The topological polar surface area (TPSA) is 58.6 Å². The first-order valence-electron chi connectivity index (χ1n) is 7.51. The molecule has 2 aromatic carbocycles. The average molecular weight is 457 g/mol. The summed E-state index contributed by atoms with van der Waals surface area (Å²) in [5.74, 6) is -0.141. The highest BCUT2D eigenvalue weighted by Gasteiger charge is 2.14. The molecule has 4 nitrogen and oxygen atoms in total. The fourth-order valence-corrected chi connectivity index (χ4v) is 3.77. The fraction of sp³-hybridized carbons (Fsp3) is 0.278. The third-order valence-electron chi connectivity index (χ3n) is 3.47. The molecule has 2 rings (SSSR count). The summed E-state index contributed by atoms with van der Waals surface area (Å²) >= 11 is 7.03. The largest absolute Gasteiger partial charge is 0.489 e. The van der Waals surface area contributed by atoms with E-state index in [1.807, 2.05) is 32.0 Å². The first-order chi connectivity index (χ1) is 11.3.